The first-order valence-corrected chi connectivity index (χ1v) is 9.47. The fourth-order valence-corrected chi connectivity index (χ4v) is 1.82. The van der Waals surface area contributed by atoms with Gasteiger partial charge in [0.15, 0.2) is 0 Å². The molecule has 0 aliphatic rings. The normalized spacial score (nSPS) is 10.6. The highest BCUT2D eigenvalue weighted by molar-refractivity contribution is 4.43. The minimum absolute atomic E-state index is 0.0417. The van der Waals surface area contributed by atoms with Crippen LogP contribution in [0, 0.1) is 0 Å². The van der Waals surface area contributed by atoms with Gasteiger partial charge in [-0.25, -0.2) is 0 Å². The Kier molecular flexibility index (Phi) is 30.7. The minimum atomic E-state index is 0.0417. The molecule has 0 aromatic heterocycles. The van der Waals surface area contributed by atoms with E-state index in [1.165, 1.54) is 32.1 Å². The maximum Gasteiger partial charge on any atom is 0.0701 e. The van der Waals surface area contributed by atoms with Gasteiger partial charge in [-0.05, 0) is 6.42 Å². The number of rotatable bonds is 19. The standard InChI is InChI=1S/C12H26O3.C6H14O4/c1-2-3-4-5-6-7-9-14-11-12-15-10-8-13;7-1-3-9-5-6-10-4-2-8/h13H,2-12H2,1H3;7-8H,1-6H2. The molecule has 0 amide bonds. The summed E-state index contributed by atoms with van der Waals surface area (Å²) in [7, 11) is 0. The lowest BCUT2D eigenvalue weighted by Crippen LogP contribution is -2.09. The van der Waals surface area contributed by atoms with Crippen LogP contribution in [-0.2, 0) is 18.9 Å². The van der Waals surface area contributed by atoms with E-state index in [1.54, 1.807) is 0 Å². The highest BCUT2D eigenvalue weighted by Gasteiger charge is 1.91. The van der Waals surface area contributed by atoms with Crippen molar-refractivity contribution in [1.29, 1.82) is 0 Å². The van der Waals surface area contributed by atoms with Gasteiger partial charge in [-0.1, -0.05) is 39.0 Å². The van der Waals surface area contributed by atoms with Gasteiger partial charge in [0.05, 0.1) is 66.1 Å². The highest BCUT2D eigenvalue weighted by Crippen LogP contribution is 2.04. The SMILES string of the molecule is CCCCCCCCOCCOCCO.OCCOCCOCCO. The molecule has 0 atom stereocenters. The molecule has 0 aliphatic heterocycles. The van der Waals surface area contributed by atoms with Crippen molar-refractivity contribution in [2.24, 2.45) is 0 Å². The largest absolute Gasteiger partial charge is 0.394 e. The Morgan fingerprint density at radius 1 is 0.440 bits per heavy atom. The Balaban J connectivity index is 0. The summed E-state index contributed by atoms with van der Waals surface area (Å²) in [6.07, 6.45) is 7.78. The predicted octanol–water partition coefficient (Wildman–Crippen LogP) is 1.38. The van der Waals surface area contributed by atoms with E-state index in [0.717, 1.165) is 13.0 Å². The second kappa shape index (κ2) is 28.5. The molecule has 7 heteroatoms. The lowest BCUT2D eigenvalue weighted by Gasteiger charge is -2.04. The van der Waals surface area contributed by atoms with Crippen LogP contribution in [0.2, 0.25) is 0 Å². The third-order valence-corrected chi connectivity index (χ3v) is 3.09. The van der Waals surface area contributed by atoms with Crippen molar-refractivity contribution >= 4 is 0 Å². The van der Waals surface area contributed by atoms with Crippen molar-refractivity contribution in [2.75, 3.05) is 72.7 Å². The average Bonchev–Trinajstić information content (AvgIpc) is 2.63. The zero-order valence-electron chi connectivity index (χ0n) is 16.0. The molecule has 0 radical (unpaired) electrons. The van der Waals surface area contributed by atoms with Crippen LogP contribution in [0.4, 0.5) is 0 Å². The second-order valence-electron chi connectivity index (χ2n) is 5.39. The summed E-state index contributed by atoms with van der Waals surface area (Å²) in [6, 6.07) is 0. The average molecular weight is 369 g/mol. The van der Waals surface area contributed by atoms with Gasteiger partial charge in [0.25, 0.3) is 0 Å². The second-order valence-corrected chi connectivity index (χ2v) is 5.39. The fourth-order valence-electron chi connectivity index (χ4n) is 1.82. The number of unbranched alkanes of at least 4 members (excludes halogenated alkanes) is 5. The molecule has 0 heterocycles. The Labute approximate surface area is 153 Å². The smallest absolute Gasteiger partial charge is 0.0701 e. The van der Waals surface area contributed by atoms with E-state index in [-0.39, 0.29) is 19.8 Å². The van der Waals surface area contributed by atoms with Crippen LogP contribution in [0.1, 0.15) is 45.4 Å². The molecule has 0 rings (SSSR count). The lowest BCUT2D eigenvalue weighted by molar-refractivity contribution is 0.0222. The minimum Gasteiger partial charge on any atom is -0.394 e. The Bertz CT molecular complexity index is 186. The van der Waals surface area contributed by atoms with Crippen molar-refractivity contribution in [3.05, 3.63) is 0 Å². The van der Waals surface area contributed by atoms with E-state index in [4.69, 9.17) is 34.3 Å². The highest BCUT2D eigenvalue weighted by atomic mass is 16.5. The van der Waals surface area contributed by atoms with Gasteiger partial charge < -0.3 is 34.3 Å². The van der Waals surface area contributed by atoms with Crippen LogP contribution in [0.3, 0.4) is 0 Å². The van der Waals surface area contributed by atoms with E-state index < -0.39 is 0 Å². The van der Waals surface area contributed by atoms with E-state index in [9.17, 15) is 0 Å². The van der Waals surface area contributed by atoms with Gasteiger partial charge in [0.1, 0.15) is 0 Å². The molecule has 3 N–H and O–H groups in total. The lowest BCUT2D eigenvalue weighted by atomic mass is 10.1. The molecule has 0 bridgehead atoms. The Hall–Kier alpha value is -0.280. The van der Waals surface area contributed by atoms with Crippen LogP contribution in [-0.4, -0.2) is 88.0 Å². The van der Waals surface area contributed by atoms with E-state index in [0.29, 0.717) is 46.2 Å². The van der Waals surface area contributed by atoms with Gasteiger partial charge in [-0.3, -0.25) is 0 Å². The molecule has 0 spiro atoms. The van der Waals surface area contributed by atoms with Crippen LogP contribution in [0.25, 0.3) is 0 Å². The molecule has 25 heavy (non-hydrogen) atoms. The summed E-state index contributed by atoms with van der Waals surface area (Å²) in [4.78, 5) is 0. The third kappa shape index (κ3) is 31.9. The van der Waals surface area contributed by atoms with Crippen LogP contribution in [0.5, 0.6) is 0 Å². The van der Waals surface area contributed by atoms with Crippen molar-refractivity contribution in [1.82, 2.24) is 0 Å². The van der Waals surface area contributed by atoms with Crippen LogP contribution in [0.15, 0.2) is 0 Å². The molecule has 154 valence electrons. The molecule has 0 aromatic rings. The molecular weight excluding hydrogens is 328 g/mol. The van der Waals surface area contributed by atoms with Crippen molar-refractivity contribution in [2.45, 2.75) is 45.4 Å². The van der Waals surface area contributed by atoms with E-state index >= 15 is 0 Å². The number of hydrogen-bond acceptors (Lipinski definition) is 7. The summed E-state index contributed by atoms with van der Waals surface area (Å²) >= 11 is 0. The molecule has 0 aromatic carbocycles. The quantitative estimate of drug-likeness (QED) is 0.296. The first kappa shape index (κ1) is 26.9. The Morgan fingerprint density at radius 2 is 0.800 bits per heavy atom. The predicted molar refractivity (Wildman–Crippen MR) is 97.9 cm³/mol. The molecule has 7 nitrogen and oxygen atoms in total. The van der Waals surface area contributed by atoms with Gasteiger partial charge in [-0.2, -0.15) is 0 Å². The monoisotopic (exact) mass is 368 g/mol. The molecule has 0 aliphatic carbocycles. The maximum atomic E-state index is 8.44. The third-order valence-electron chi connectivity index (χ3n) is 3.09. The van der Waals surface area contributed by atoms with E-state index in [2.05, 4.69) is 6.92 Å². The van der Waals surface area contributed by atoms with E-state index in [1.807, 2.05) is 0 Å². The van der Waals surface area contributed by atoms with Gasteiger partial charge in [-0.15, -0.1) is 0 Å². The van der Waals surface area contributed by atoms with Gasteiger partial charge >= 0.3 is 0 Å². The van der Waals surface area contributed by atoms with Crippen molar-refractivity contribution < 1.29 is 34.3 Å². The molecule has 0 unspecified atom stereocenters. The summed E-state index contributed by atoms with van der Waals surface area (Å²) < 4.78 is 20.2. The number of aliphatic hydroxyl groups excluding tert-OH is 3. The van der Waals surface area contributed by atoms with Crippen molar-refractivity contribution in [3.63, 3.8) is 0 Å². The number of aliphatic hydroxyl groups is 3. The molecule has 0 fully saturated rings. The summed E-state index contributed by atoms with van der Waals surface area (Å²) in [5, 5.41) is 25.0. The zero-order chi connectivity index (χ0) is 18.8. The first-order valence-electron chi connectivity index (χ1n) is 9.47. The summed E-state index contributed by atoms with van der Waals surface area (Å²) in [5.74, 6) is 0. The van der Waals surface area contributed by atoms with Gasteiger partial charge in [0, 0.05) is 6.61 Å². The molecular formula is C18H40O7. The first-order chi connectivity index (χ1) is 12.3. The fraction of sp³-hybridized carbons (Fsp3) is 1.00. The molecule has 0 saturated heterocycles. The number of ether oxygens (including phenoxy) is 4. The van der Waals surface area contributed by atoms with Gasteiger partial charge in [0.2, 0.25) is 0 Å². The number of hydrogen-bond donors (Lipinski definition) is 3. The summed E-state index contributed by atoms with van der Waals surface area (Å²) in [6.45, 7) is 6.55. The molecule has 0 saturated carbocycles. The zero-order valence-corrected chi connectivity index (χ0v) is 16.0. The topological polar surface area (TPSA) is 97.6 Å². The summed E-state index contributed by atoms with van der Waals surface area (Å²) in [5.41, 5.74) is 0. The van der Waals surface area contributed by atoms with Crippen molar-refractivity contribution in [3.8, 4) is 0 Å². The van der Waals surface area contributed by atoms with Crippen LogP contribution >= 0.6 is 0 Å². The Morgan fingerprint density at radius 3 is 1.20 bits per heavy atom. The van der Waals surface area contributed by atoms with Crippen LogP contribution < -0.4 is 0 Å². The maximum absolute atomic E-state index is 8.44.